The molecule has 9 heteroatoms. The number of nitrogens with zero attached hydrogens (tertiary/aromatic N) is 1. The van der Waals surface area contributed by atoms with Crippen LogP contribution >= 0.6 is 23.2 Å². The normalized spacial score (nSPS) is 14.8. The minimum atomic E-state index is -0.844. The molecule has 0 unspecified atom stereocenters. The molecule has 3 rings (SSSR count). The highest BCUT2D eigenvalue weighted by molar-refractivity contribution is 6.40. The molecule has 1 fully saturated rings. The molecule has 0 aliphatic carbocycles. The number of hydrogen-bond acceptors (Lipinski definition) is 5. The number of ether oxygens (including phenoxy) is 2. The predicted octanol–water partition coefficient (Wildman–Crippen LogP) is 7.11. The van der Waals surface area contributed by atoms with E-state index in [0.29, 0.717) is 51.6 Å². The van der Waals surface area contributed by atoms with E-state index in [-0.39, 0.29) is 5.57 Å². The lowest BCUT2D eigenvalue weighted by atomic mass is 10.1. The SMILES string of the molecule is CCCCCCCCOc1c(Cl)cc(/C=C2/C(=O)NC(=O)N(c3cccc(Cl)c3C)C2=O)cc1OCC. The molecule has 0 radical (unpaired) electrons. The summed E-state index contributed by atoms with van der Waals surface area (Å²) in [6.45, 7) is 6.59. The molecule has 37 heavy (non-hydrogen) atoms. The maximum atomic E-state index is 13.3. The summed E-state index contributed by atoms with van der Waals surface area (Å²) in [5.41, 5.74) is 1.06. The summed E-state index contributed by atoms with van der Waals surface area (Å²) in [5.74, 6) is -0.736. The van der Waals surface area contributed by atoms with E-state index >= 15 is 0 Å². The first-order valence-electron chi connectivity index (χ1n) is 12.5. The van der Waals surface area contributed by atoms with E-state index in [1.54, 1.807) is 37.3 Å². The summed E-state index contributed by atoms with van der Waals surface area (Å²) < 4.78 is 11.7. The predicted molar refractivity (Wildman–Crippen MR) is 147 cm³/mol. The molecular weight excluding hydrogens is 515 g/mol. The van der Waals surface area contributed by atoms with Gasteiger partial charge >= 0.3 is 6.03 Å². The van der Waals surface area contributed by atoms with Crippen LogP contribution in [-0.4, -0.2) is 31.1 Å². The van der Waals surface area contributed by atoms with Gasteiger partial charge in [-0.25, -0.2) is 9.69 Å². The maximum absolute atomic E-state index is 13.3. The molecule has 2 aromatic rings. The Bertz CT molecular complexity index is 1200. The lowest BCUT2D eigenvalue weighted by Gasteiger charge is -2.27. The topological polar surface area (TPSA) is 84.9 Å². The minimum Gasteiger partial charge on any atom is -0.490 e. The van der Waals surface area contributed by atoms with E-state index in [0.717, 1.165) is 17.7 Å². The fourth-order valence-electron chi connectivity index (χ4n) is 4.01. The Hall–Kier alpha value is -3.03. The van der Waals surface area contributed by atoms with Crippen LogP contribution in [0.25, 0.3) is 6.08 Å². The highest BCUT2D eigenvalue weighted by Crippen LogP contribution is 2.38. The van der Waals surface area contributed by atoms with Gasteiger partial charge in [0, 0.05) is 5.02 Å². The zero-order valence-corrected chi connectivity index (χ0v) is 22.9. The lowest BCUT2D eigenvalue weighted by Crippen LogP contribution is -2.54. The van der Waals surface area contributed by atoms with Crippen molar-refractivity contribution in [1.82, 2.24) is 5.32 Å². The van der Waals surface area contributed by atoms with Crippen LogP contribution in [-0.2, 0) is 9.59 Å². The van der Waals surface area contributed by atoms with Gasteiger partial charge in [0.1, 0.15) is 5.57 Å². The average Bonchev–Trinajstić information content (AvgIpc) is 2.85. The third-order valence-corrected chi connectivity index (χ3v) is 6.66. The standard InChI is InChI=1S/C28H32Cl2N2O5/c1-4-6-7-8-9-10-14-37-25-22(30)16-19(17-24(25)36-5-2)15-20-26(33)31-28(35)32(27(20)34)23-13-11-12-21(29)18(23)3/h11-13,15-17H,4-10,14H2,1-3H3,(H,31,33,35)/b20-15-. The van der Waals surface area contributed by atoms with Crippen molar-refractivity contribution in [3.63, 3.8) is 0 Å². The van der Waals surface area contributed by atoms with Gasteiger partial charge in [-0.1, -0.05) is 68.3 Å². The Balaban J connectivity index is 1.85. The number of halogens is 2. The van der Waals surface area contributed by atoms with Gasteiger partial charge < -0.3 is 9.47 Å². The molecule has 0 saturated carbocycles. The molecule has 1 aliphatic heterocycles. The highest BCUT2D eigenvalue weighted by Gasteiger charge is 2.37. The Morgan fingerprint density at radius 2 is 1.68 bits per heavy atom. The number of rotatable bonds is 12. The third kappa shape index (κ3) is 7.05. The fraction of sp³-hybridized carbons (Fsp3) is 0.393. The monoisotopic (exact) mass is 546 g/mol. The van der Waals surface area contributed by atoms with Crippen molar-refractivity contribution >= 4 is 52.8 Å². The van der Waals surface area contributed by atoms with Gasteiger partial charge in [0.2, 0.25) is 0 Å². The van der Waals surface area contributed by atoms with Crippen molar-refractivity contribution in [2.45, 2.75) is 59.3 Å². The molecule has 7 nitrogen and oxygen atoms in total. The smallest absolute Gasteiger partial charge is 0.335 e. The summed E-state index contributed by atoms with van der Waals surface area (Å²) in [6, 6.07) is 7.28. The molecule has 0 bridgehead atoms. The fourth-order valence-corrected chi connectivity index (χ4v) is 4.46. The van der Waals surface area contributed by atoms with E-state index < -0.39 is 17.8 Å². The van der Waals surface area contributed by atoms with Crippen LogP contribution in [0.4, 0.5) is 10.5 Å². The van der Waals surface area contributed by atoms with E-state index in [4.69, 9.17) is 32.7 Å². The Kier molecular flexibility index (Phi) is 10.4. The first-order chi connectivity index (χ1) is 17.8. The van der Waals surface area contributed by atoms with Crippen LogP contribution in [0.2, 0.25) is 10.0 Å². The van der Waals surface area contributed by atoms with Crippen molar-refractivity contribution in [2.24, 2.45) is 0 Å². The van der Waals surface area contributed by atoms with Gasteiger partial charge in [0.25, 0.3) is 11.8 Å². The Labute approximate surface area is 227 Å². The summed E-state index contributed by atoms with van der Waals surface area (Å²) in [5, 5.41) is 2.91. The molecular formula is C28H32Cl2N2O5. The van der Waals surface area contributed by atoms with Gasteiger partial charge in [-0.15, -0.1) is 0 Å². The van der Waals surface area contributed by atoms with Crippen molar-refractivity contribution in [3.8, 4) is 11.5 Å². The molecule has 2 aromatic carbocycles. The molecule has 0 aromatic heterocycles. The van der Waals surface area contributed by atoms with Crippen LogP contribution in [0.5, 0.6) is 11.5 Å². The van der Waals surface area contributed by atoms with Crippen LogP contribution in [0.1, 0.15) is 63.5 Å². The van der Waals surface area contributed by atoms with E-state index in [1.165, 1.54) is 31.8 Å². The zero-order chi connectivity index (χ0) is 26.9. The molecule has 1 N–H and O–H groups in total. The summed E-state index contributed by atoms with van der Waals surface area (Å²) >= 11 is 12.7. The van der Waals surface area contributed by atoms with Crippen LogP contribution in [0.15, 0.2) is 35.9 Å². The second-order valence-corrected chi connectivity index (χ2v) is 9.54. The van der Waals surface area contributed by atoms with Gasteiger partial charge in [-0.2, -0.15) is 0 Å². The number of carbonyl (C=O) groups is 3. The number of carbonyl (C=O) groups excluding carboxylic acids is 3. The largest absolute Gasteiger partial charge is 0.490 e. The number of unbranched alkanes of at least 4 members (excludes halogenated alkanes) is 5. The van der Waals surface area contributed by atoms with E-state index in [9.17, 15) is 14.4 Å². The van der Waals surface area contributed by atoms with Crippen LogP contribution < -0.4 is 19.7 Å². The number of urea groups is 1. The Morgan fingerprint density at radius 1 is 0.946 bits per heavy atom. The second kappa shape index (κ2) is 13.5. The average molecular weight is 547 g/mol. The van der Waals surface area contributed by atoms with Gasteiger partial charge in [-0.05, 0) is 61.7 Å². The van der Waals surface area contributed by atoms with Crippen molar-refractivity contribution < 1.29 is 23.9 Å². The van der Waals surface area contributed by atoms with Gasteiger partial charge in [-0.3, -0.25) is 14.9 Å². The van der Waals surface area contributed by atoms with Crippen molar-refractivity contribution in [3.05, 3.63) is 57.1 Å². The quantitative estimate of drug-likeness (QED) is 0.174. The number of nitrogens with one attached hydrogen (secondary N) is 1. The Morgan fingerprint density at radius 3 is 2.41 bits per heavy atom. The molecule has 0 spiro atoms. The third-order valence-electron chi connectivity index (χ3n) is 5.97. The van der Waals surface area contributed by atoms with Gasteiger partial charge in [0.15, 0.2) is 11.5 Å². The number of barbiturate groups is 1. The first kappa shape index (κ1) is 28.5. The number of imide groups is 2. The maximum Gasteiger partial charge on any atom is 0.335 e. The second-order valence-electron chi connectivity index (χ2n) is 8.72. The first-order valence-corrected chi connectivity index (χ1v) is 13.3. The number of hydrogen-bond donors (Lipinski definition) is 1. The minimum absolute atomic E-state index is 0.224. The summed E-state index contributed by atoms with van der Waals surface area (Å²) in [7, 11) is 0. The number of amides is 4. The molecule has 198 valence electrons. The molecule has 0 atom stereocenters. The molecule has 4 amide bonds. The number of benzene rings is 2. The lowest BCUT2D eigenvalue weighted by molar-refractivity contribution is -0.122. The number of anilines is 1. The summed E-state index contributed by atoms with van der Waals surface area (Å²) in [4.78, 5) is 39.4. The van der Waals surface area contributed by atoms with Crippen molar-refractivity contribution in [2.75, 3.05) is 18.1 Å². The molecule has 1 saturated heterocycles. The van der Waals surface area contributed by atoms with E-state index in [1.807, 2.05) is 6.92 Å². The van der Waals surface area contributed by atoms with Crippen molar-refractivity contribution in [1.29, 1.82) is 0 Å². The van der Waals surface area contributed by atoms with Crippen LogP contribution in [0.3, 0.4) is 0 Å². The molecule has 1 heterocycles. The van der Waals surface area contributed by atoms with E-state index in [2.05, 4.69) is 12.2 Å². The van der Waals surface area contributed by atoms with Gasteiger partial charge in [0.05, 0.1) is 23.9 Å². The zero-order valence-electron chi connectivity index (χ0n) is 21.4. The van der Waals surface area contributed by atoms with Crippen LogP contribution in [0, 0.1) is 6.92 Å². The molecule has 1 aliphatic rings. The highest BCUT2D eigenvalue weighted by atomic mass is 35.5. The summed E-state index contributed by atoms with van der Waals surface area (Å²) in [6.07, 6.45) is 8.18.